The maximum absolute atomic E-state index is 13.7. The molecule has 1 amide bonds. The van der Waals surface area contributed by atoms with Gasteiger partial charge in [0.15, 0.2) is 9.84 Å². The van der Waals surface area contributed by atoms with Crippen molar-refractivity contribution in [2.45, 2.75) is 41.8 Å². The number of carbonyl (C=O) groups is 1. The molecule has 0 radical (unpaired) electrons. The monoisotopic (exact) mass is 421 g/mol. The zero-order chi connectivity index (χ0) is 20.7. The molecule has 1 aromatic rings. The van der Waals surface area contributed by atoms with Gasteiger partial charge in [-0.1, -0.05) is 18.2 Å². The third kappa shape index (κ3) is 3.90. The Labute approximate surface area is 149 Å². The fourth-order valence-electron chi connectivity index (χ4n) is 2.75. The van der Waals surface area contributed by atoms with Crippen LogP contribution in [0.25, 0.3) is 0 Å². The van der Waals surface area contributed by atoms with Gasteiger partial charge in [0.1, 0.15) is 0 Å². The predicted molar refractivity (Wildman–Crippen MR) is 79.2 cm³/mol. The maximum Gasteiger partial charge on any atom is 0.460 e. The van der Waals surface area contributed by atoms with Crippen LogP contribution in [0.2, 0.25) is 0 Å². The van der Waals surface area contributed by atoms with Crippen LogP contribution in [0.4, 0.5) is 30.7 Å². The molecule has 1 unspecified atom stereocenters. The van der Waals surface area contributed by atoms with E-state index in [1.165, 1.54) is 30.3 Å². The molecule has 0 saturated carbocycles. The zero-order valence-corrected chi connectivity index (χ0v) is 14.3. The number of carbonyl (C=O) groups excluding carboxylic acids is 1. The molecule has 0 aliphatic carbocycles. The van der Waals surface area contributed by atoms with Gasteiger partial charge in [0.2, 0.25) is 0 Å². The number of rotatable bonds is 5. The lowest BCUT2D eigenvalue weighted by Crippen LogP contribution is -2.61. The molecule has 1 saturated heterocycles. The molecule has 0 bridgehead atoms. The Morgan fingerprint density at radius 1 is 1.04 bits per heavy atom. The number of amides is 1. The smallest absolute Gasteiger partial charge is 0.333 e. The first-order valence-corrected chi connectivity index (χ1v) is 9.28. The highest BCUT2D eigenvalue weighted by molar-refractivity contribution is 7.91. The zero-order valence-electron chi connectivity index (χ0n) is 13.5. The summed E-state index contributed by atoms with van der Waals surface area (Å²) in [4.78, 5) is 11.7. The third-order valence-corrected chi connectivity index (χ3v) is 5.99. The number of hydrogen-bond acceptors (Lipinski definition) is 3. The molecule has 27 heavy (non-hydrogen) atoms. The Bertz CT molecular complexity index is 793. The molecule has 1 atom stereocenters. The first-order valence-electron chi connectivity index (χ1n) is 7.63. The van der Waals surface area contributed by atoms with E-state index in [9.17, 15) is 43.9 Å². The van der Waals surface area contributed by atoms with Gasteiger partial charge in [-0.25, -0.2) is 8.42 Å². The Kier molecular flexibility index (Phi) is 5.52. The van der Waals surface area contributed by atoms with Gasteiger partial charge in [0, 0.05) is 12.6 Å². The lowest BCUT2D eigenvalue weighted by atomic mass is 10.1. The molecular formula is C15H14F7NO3S. The average Bonchev–Trinajstić information content (AvgIpc) is 3.01. The maximum atomic E-state index is 13.7. The van der Waals surface area contributed by atoms with Crippen molar-refractivity contribution in [2.24, 2.45) is 0 Å². The first kappa shape index (κ1) is 21.5. The molecule has 1 fully saturated rings. The van der Waals surface area contributed by atoms with Crippen molar-refractivity contribution in [3.05, 3.63) is 30.3 Å². The van der Waals surface area contributed by atoms with Gasteiger partial charge in [0.05, 0.1) is 10.6 Å². The van der Waals surface area contributed by atoms with Gasteiger partial charge in [-0.2, -0.15) is 30.7 Å². The van der Waals surface area contributed by atoms with E-state index in [1.807, 2.05) is 0 Å². The van der Waals surface area contributed by atoms with E-state index in [-0.39, 0.29) is 22.6 Å². The van der Waals surface area contributed by atoms with Crippen LogP contribution in [0.5, 0.6) is 0 Å². The molecule has 2 rings (SSSR count). The van der Waals surface area contributed by atoms with Crippen molar-refractivity contribution in [2.75, 3.05) is 12.3 Å². The van der Waals surface area contributed by atoms with E-state index >= 15 is 0 Å². The molecule has 0 aromatic heterocycles. The van der Waals surface area contributed by atoms with Gasteiger partial charge in [-0.3, -0.25) is 4.79 Å². The first-order chi connectivity index (χ1) is 12.2. The molecular weight excluding hydrogens is 407 g/mol. The molecule has 152 valence electrons. The fraction of sp³-hybridized carbons (Fsp3) is 0.533. The minimum atomic E-state index is -6.64. The summed E-state index contributed by atoms with van der Waals surface area (Å²) in [5.41, 5.74) is 0. The lowest BCUT2D eigenvalue weighted by Gasteiger charge is -2.32. The van der Waals surface area contributed by atoms with Crippen LogP contribution in [0.15, 0.2) is 35.2 Å². The minimum Gasteiger partial charge on any atom is -0.333 e. The summed E-state index contributed by atoms with van der Waals surface area (Å²) in [6, 6.07) is 5.29. The number of benzene rings is 1. The van der Waals surface area contributed by atoms with Crippen molar-refractivity contribution >= 4 is 15.7 Å². The quantitative estimate of drug-likeness (QED) is 0.686. The van der Waals surface area contributed by atoms with Gasteiger partial charge < -0.3 is 4.90 Å². The van der Waals surface area contributed by atoms with Crippen molar-refractivity contribution in [3.8, 4) is 0 Å². The fourth-order valence-corrected chi connectivity index (χ4v) is 4.36. The molecule has 0 N–H and O–H groups in total. The number of alkyl halides is 7. The Hall–Kier alpha value is -1.85. The summed E-state index contributed by atoms with van der Waals surface area (Å²) in [6.45, 7) is -0.544. The van der Waals surface area contributed by atoms with Crippen molar-refractivity contribution < 1.29 is 43.9 Å². The molecule has 0 spiro atoms. The molecule has 4 nitrogen and oxygen atoms in total. The lowest BCUT2D eigenvalue weighted by molar-refractivity contribution is -0.346. The van der Waals surface area contributed by atoms with Crippen molar-refractivity contribution in [1.82, 2.24) is 4.90 Å². The summed E-state index contributed by atoms with van der Waals surface area (Å²) in [5.74, 6) is -16.2. The highest BCUT2D eigenvalue weighted by Crippen LogP contribution is 2.47. The summed E-state index contributed by atoms with van der Waals surface area (Å²) in [6.07, 6.45) is -6.77. The topological polar surface area (TPSA) is 54.5 Å². The van der Waals surface area contributed by atoms with Crippen LogP contribution in [0.1, 0.15) is 12.8 Å². The molecule has 12 heteroatoms. The number of hydrogen-bond donors (Lipinski definition) is 0. The molecule has 1 aliphatic heterocycles. The van der Waals surface area contributed by atoms with E-state index in [2.05, 4.69) is 0 Å². The van der Waals surface area contributed by atoms with Crippen LogP contribution in [0, 0.1) is 0 Å². The van der Waals surface area contributed by atoms with E-state index in [0.717, 1.165) is 0 Å². The van der Waals surface area contributed by atoms with Crippen molar-refractivity contribution in [1.29, 1.82) is 0 Å². The number of halogens is 7. The third-order valence-electron chi connectivity index (χ3n) is 4.17. The van der Waals surface area contributed by atoms with Crippen LogP contribution in [0.3, 0.4) is 0 Å². The second kappa shape index (κ2) is 6.95. The molecule has 1 aliphatic rings. The van der Waals surface area contributed by atoms with Gasteiger partial charge in [-0.15, -0.1) is 0 Å². The summed E-state index contributed by atoms with van der Waals surface area (Å²) < 4.78 is 115. The molecule has 1 heterocycles. The normalized spacial score (nSPS) is 19.4. The SMILES string of the molecule is O=C(N1CCCC1CS(=O)(=O)c1ccccc1)C(F)(F)C(F)(F)C(F)(F)F. The second-order valence-corrected chi connectivity index (χ2v) is 8.07. The summed E-state index contributed by atoms with van der Waals surface area (Å²) >= 11 is 0. The Morgan fingerprint density at radius 3 is 2.11 bits per heavy atom. The molecule has 1 aromatic carbocycles. The Morgan fingerprint density at radius 2 is 1.59 bits per heavy atom. The van der Waals surface area contributed by atoms with E-state index in [1.54, 1.807) is 0 Å². The van der Waals surface area contributed by atoms with E-state index in [0.29, 0.717) is 0 Å². The average molecular weight is 421 g/mol. The van der Waals surface area contributed by atoms with Crippen LogP contribution < -0.4 is 0 Å². The van der Waals surface area contributed by atoms with E-state index < -0.39 is 52.1 Å². The van der Waals surface area contributed by atoms with Gasteiger partial charge in [0.25, 0.3) is 5.91 Å². The van der Waals surface area contributed by atoms with Gasteiger partial charge in [-0.05, 0) is 25.0 Å². The largest absolute Gasteiger partial charge is 0.460 e. The summed E-state index contributed by atoms with van der Waals surface area (Å²) in [5, 5.41) is 0. The Balaban J connectivity index is 2.27. The number of sulfone groups is 1. The van der Waals surface area contributed by atoms with Crippen LogP contribution >= 0.6 is 0 Å². The van der Waals surface area contributed by atoms with Gasteiger partial charge >= 0.3 is 18.0 Å². The number of nitrogens with zero attached hydrogens (tertiary/aromatic N) is 1. The standard InChI is InChI=1S/C15H14F7NO3S/c16-13(17,14(18,19)15(20,21)22)12(24)23-8-4-5-10(23)9-27(25,26)11-6-2-1-3-7-11/h1-3,6-7,10H,4-5,8-9H2. The highest BCUT2D eigenvalue weighted by atomic mass is 32.2. The highest BCUT2D eigenvalue weighted by Gasteiger charge is 2.77. The summed E-state index contributed by atoms with van der Waals surface area (Å²) in [7, 11) is -4.07. The predicted octanol–water partition coefficient (Wildman–Crippen LogP) is 3.28. The minimum absolute atomic E-state index is 0.00557. The number of likely N-dealkylation sites (tertiary alicyclic amines) is 1. The van der Waals surface area contributed by atoms with Crippen LogP contribution in [-0.2, 0) is 14.6 Å². The second-order valence-electron chi connectivity index (χ2n) is 6.04. The van der Waals surface area contributed by atoms with E-state index in [4.69, 9.17) is 0 Å². The van der Waals surface area contributed by atoms with Crippen molar-refractivity contribution in [3.63, 3.8) is 0 Å². The van der Waals surface area contributed by atoms with Crippen LogP contribution in [-0.4, -0.2) is 55.6 Å².